The van der Waals surface area contributed by atoms with Gasteiger partial charge in [0.05, 0.1) is 12.3 Å². The lowest BCUT2D eigenvalue weighted by Crippen LogP contribution is -2.51. The standard InChI is InChI=1S/C14H21FN2O/c1-4-14(3,16-5-2)17-9-12-8-13(15)7-6-11(12)10-18/h5-8,16-18H,2,4,9-10H2,1,3H3. The van der Waals surface area contributed by atoms with E-state index in [0.717, 1.165) is 17.5 Å². The van der Waals surface area contributed by atoms with Gasteiger partial charge in [-0.3, -0.25) is 5.32 Å². The molecule has 0 saturated heterocycles. The minimum atomic E-state index is -0.293. The van der Waals surface area contributed by atoms with Crippen molar-refractivity contribution in [1.29, 1.82) is 0 Å². The molecule has 18 heavy (non-hydrogen) atoms. The van der Waals surface area contributed by atoms with E-state index in [1.165, 1.54) is 12.1 Å². The van der Waals surface area contributed by atoms with Crippen LogP contribution in [0.3, 0.4) is 0 Å². The molecule has 0 aromatic heterocycles. The topological polar surface area (TPSA) is 44.3 Å². The van der Waals surface area contributed by atoms with Crippen LogP contribution in [0.15, 0.2) is 31.0 Å². The minimum absolute atomic E-state index is 0.0883. The molecule has 1 atom stereocenters. The Morgan fingerprint density at radius 3 is 2.72 bits per heavy atom. The lowest BCUT2D eigenvalue weighted by Gasteiger charge is -2.30. The van der Waals surface area contributed by atoms with Crippen molar-refractivity contribution < 1.29 is 9.50 Å². The highest BCUT2D eigenvalue weighted by Gasteiger charge is 2.19. The van der Waals surface area contributed by atoms with E-state index in [0.29, 0.717) is 6.54 Å². The maximum atomic E-state index is 13.2. The lowest BCUT2D eigenvalue weighted by atomic mass is 10.1. The summed E-state index contributed by atoms with van der Waals surface area (Å²) in [6.45, 7) is 8.09. The Balaban J connectivity index is 2.78. The second-order valence-electron chi connectivity index (χ2n) is 4.46. The summed E-state index contributed by atoms with van der Waals surface area (Å²) in [6, 6.07) is 4.41. The molecular weight excluding hydrogens is 231 g/mol. The first-order valence-corrected chi connectivity index (χ1v) is 6.06. The van der Waals surface area contributed by atoms with E-state index in [1.807, 2.05) is 13.8 Å². The summed E-state index contributed by atoms with van der Waals surface area (Å²) >= 11 is 0. The summed E-state index contributed by atoms with van der Waals surface area (Å²) in [5.74, 6) is -0.293. The molecule has 100 valence electrons. The van der Waals surface area contributed by atoms with Crippen molar-refractivity contribution in [1.82, 2.24) is 10.6 Å². The van der Waals surface area contributed by atoms with Gasteiger partial charge in [-0.15, -0.1) is 0 Å². The van der Waals surface area contributed by atoms with Crippen LogP contribution in [-0.2, 0) is 13.2 Å². The molecule has 3 N–H and O–H groups in total. The molecule has 0 fully saturated rings. The van der Waals surface area contributed by atoms with Gasteiger partial charge < -0.3 is 10.4 Å². The number of aliphatic hydroxyl groups is 1. The van der Waals surface area contributed by atoms with Crippen molar-refractivity contribution >= 4 is 0 Å². The Morgan fingerprint density at radius 2 is 2.17 bits per heavy atom. The van der Waals surface area contributed by atoms with Gasteiger partial charge in [-0.25, -0.2) is 4.39 Å². The van der Waals surface area contributed by atoms with E-state index in [1.54, 1.807) is 12.3 Å². The molecular formula is C14H21FN2O. The van der Waals surface area contributed by atoms with Crippen LogP contribution in [0.4, 0.5) is 4.39 Å². The lowest BCUT2D eigenvalue weighted by molar-refractivity contribution is 0.275. The van der Waals surface area contributed by atoms with Crippen molar-refractivity contribution in [3.63, 3.8) is 0 Å². The summed E-state index contributed by atoms with van der Waals surface area (Å²) in [4.78, 5) is 0. The molecule has 4 heteroatoms. The van der Waals surface area contributed by atoms with Gasteiger partial charge in [0.25, 0.3) is 0 Å². The molecule has 0 aliphatic rings. The van der Waals surface area contributed by atoms with Gasteiger partial charge in [-0.1, -0.05) is 19.6 Å². The second kappa shape index (κ2) is 6.52. The Kier molecular flexibility index (Phi) is 5.31. The Morgan fingerprint density at radius 1 is 1.44 bits per heavy atom. The molecule has 1 rings (SSSR count). The average molecular weight is 252 g/mol. The maximum Gasteiger partial charge on any atom is 0.123 e. The number of nitrogens with one attached hydrogen (secondary N) is 2. The molecule has 0 spiro atoms. The van der Waals surface area contributed by atoms with Crippen LogP contribution >= 0.6 is 0 Å². The average Bonchev–Trinajstić information content (AvgIpc) is 2.37. The smallest absolute Gasteiger partial charge is 0.123 e. The van der Waals surface area contributed by atoms with Crippen LogP contribution in [0.25, 0.3) is 0 Å². The minimum Gasteiger partial charge on any atom is -0.392 e. The van der Waals surface area contributed by atoms with E-state index in [-0.39, 0.29) is 18.1 Å². The third kappa shape index (κ3) is 3.82. The molecule has 0 heterocycles. The zero-order chi connectivity index (χ0) is 13.6. The van der Waals surface area contributed by atoms with E-state index in [2.05, 4.69) is 17.2 Å². The molecule has 0 amide bonds. The van der Waals surface area contributed by atoms with E-state index < -0.39 is 0 Å². The summed E-state index contributed by atoms with van der Waals surface area (Å²) in [5, 5.41) is 15.6. The number of hydrogen-bond acceptors (Lipinski definition) is 3. The van der Waals surface area contributed by atoms with E-state index in [9.17, 15) is 9.50 Å². The fourth-order valence-corrected chi connectivity index (χ4v) is 1.71. The third-order valence-corrected chi connectivity index (χ3v) is 3.14. The van der Waals surface area contributed by atoms with Crippen LogP contribution in [0, 0.1) is 5.82 Å². The molecule has 3 nitrogen and oxygen atoms in total. The summed E-state index contributed by atoms with van der Waals surface area (Å²) in [6.07, 6.45) is 2.48. The Labute approximate surface area is 108 Å². The fraction of sp³-hybridized carbons (Fsp3) is 0.429. The van der Waals surface area contributed by atoms with Crippen LogP contribution in [-0.4, -0.2) is 10.8 Å². The van der Waals surface area contributed by atoms with Crippen molar-refractivity contribution in [2.45, 2.75) is 39.1 Å². The molecule has 0 bridgehead atoms. The van der Waals surface area contributed by atoms with Crippen LogP contribution < -0.4 is 10.6 Å². The maximum absolute atomic E-state index is 13.2. The highest BCUT2D eigenvalue weighted by molar-refractivity contribution is 5.27. The van der Waals surface area contributed by atoms with Crippen molar-refractivity contribution in [3.05, 3.63) is 47.9 Å². The molecule has 0 aliphatic heterocycles. The van der Waals surface area contributed by atoms with Gasteiger partial charge in [-0.2, -0.15) is 0 Å². The van der Waals surface area contributed by atoms with Crippen molar-refractivity contribution in [2.24, 2.45) is 0 Å². The molecule has 0 aliphatic carbocycles. The Bertz CT molecular complexity index is 409. The van der Waals surface area contributed by atoms with Crippen LogP contribution in [0.1, 0.15) is 31.4 Å². The predicted molar refractivity (Wildman–Crippen MR) is 71.2 cm³/mol. The zero-order valence-electron chi connectivity index (χ0n) is 11.0. The zero-order valence-corrected chi connectivity index (χ0v) is 11.0. The van der Waals surface area contributed by atoms with Crippen LogP contribution in [0.5, 0.6) is 0 Å². The molecule has 1 aromatic carbocycles. The van der Waals surface area contributed by atoms with E-state index >= 15 is 0 Å². The summed E-state index contributed by atoms with van der Waals surface area (Å²) < 4.78 is 13.2. The van der Waals surface area contributed by atoms with E-state index in [4.69, 9.17) is 0 Å². The first kappa shape index (κ1) is 14.7. The highest BCUT2D eigenvalue weighted by Crippen LogP contribution is 2.13. The first-order valence-electron chi connectivity index (χ1n) is 6.06. The van der Waals surface area contributed by atoms with Gasteiger partial charge in [-0.05, 0) is 42.8 Å². The van der Waals surface area contributed by atoms with Crippen LogP contribution in [0.2, 0.25) is 0 Å². The van der Waals surface area contributed by atoms with Crippen molar-refractivity contribution in [2.75, 3.05) is 0 Å². The highest BCUT2D eigenvalue weighted by atomic mass is 19.1. The van der Waals surface area contributed by atoms with Crippen molar-refractivity contribution in [3.8, 4) is 0 Å². The number of benzene rings is 1. The summed E-state index contributed by atoms with van der Waals surface area (Å²) in [5.41, 5.74) is 1.21. The Hall–Kier alpha value is -1.39. The normalized spacial score (nSPS) is 14.0. The monoisotopic (exact) mass is 252 g/mol. The number of halogens is 1. The first-order chi connectivity index (χ1) is 8.54. The molecule has 1 aromatic rings. The van der Waals surface area contributed by atoms with Gasteiger partial charge >= 0.3 is 0 Å². The van der Waals surface area contributed by atoms with Gasteiger partial charge in [0.2, 0.25) is 0 Å². The third-order valence-electron chi connectivity index (χ3n) is 3.14. The second-order valence-corrected chi connectivity index (χ2v) is 4.46. The molecule has 0 radical (unpaired) electrons. The molecule has 1 unspecified atom stereocenters. The largest absolute Gasteiger partial charge is 0.392 e. The summed E-state index contributed by atoms with van der Waals surface area (Å²) in [7, 11) is 0. The fourth-order valence-electron chi connectivity index (χ4n) is 1.71. The number of aliphatic hydroxyl groups excluding tert-OH is 1. The van der Waals surface area contributed by atoms with Gasteiger partial charge in [0.15, 0.2) is 0 Å². The quantitative estimate of drug-likeness (QED) is 0.652. The number of hydrogen-bond donors (Lipinski definition) is 3. The number of rotatable bonds is 7. The molecule has 0 saturated carbocycles. The predicted octanol–water partition coefficient (Wildman–Crippen LogP) is 2.27. The SMILES string of the molecule is C=CNC(C)(CC)NCc1cc(F)ccc1CO. The van der Waals surface area contributed by atoms with Gasteiger partial charge in [0, 0.05) is 6.54 Å². The van der Waals surface area contributed by atoms with Gasteiger partial charge in [0.1, 0.15) is 5.82 Å².